The number of nitrogens with two attached hydrogens (primary N) is 1. The minimum Gasteiger partial charge on any atom is -0.404 e. The number of ether oxygens (including phenoxy) is 1. The van der Waals surface area contributed by atoms with Crippen LogP contribution in [0.1, 0.15) is 47.0 Å². The van der Waals surface area contributed by atoms with Crippen molar-refractivity contribution in [3.8, 4) is 0 Å². The van der Waals surface area contributed by atoms with Gasteiger partial charge in [-0.05, 0) is 52.4 Å². The molecule has 0 unspecified atom stereocenters. The molecule has 2 N–H and O–H groups in total. The SMILES string of the molecule is CC1(C)OB(C2=C[C@H](C(C=NC3CC3)=CN)OCC2)OC1(C)C. The summed E-state index contributed by atoms with van der Waals surface area (Å²) >= 11 is 0. The molecule has 3 aliphatic rings. The minimum absolute atomic E-state index is 0.176. The van der Waals surface area contributed by atoms with Gasteiger partial charge in [-0.3, -0.25) is 4.99 Å². The highest BCUT2D eigenvalue weighted by Crippen LogP contribution is 2.39. The van der Waals surface area contributed by atoms with E-state index in [-0.39, 0.29) is 24.4 Å². The Hall–Kier alpha value is -1.11. The lowest BCUT2D eigenvalue weighted by molar-refractivity contribution is 0.00578. The van der Waals surface area contributed by atoms with Crippen molar-refractivity contribution in [1.29, 1.82) is 0 Å². The average molecular weight is 318 g/mol. The van der Waals surface area contributed by atoms with Crippen molar-refractivity contribution in [3.63, 3.8) is 0 Å². The highest BCUT2D eigenvalue weighted by atomic mass is 16.7. The third-order valence-corrected chi connectivity index (χ3v) is 5.11. The summed E-state index contributed by atoms with van der Waals surface area (Å²) in [6, 6.07) is 0.472. The molecule has 126 valence electrons. The molecule has 0 aromatic rings. The van der Waals surface area contributed by atoms with Crippen LogP contribution >= 0.6 is 0 Å². The first-order valence-electron chi connectivity index (χ1n) is 8.45. The average Bonchev–Trinajstić information content (AvgIpc) is 3.27. The standard InChI is InChI=1S/C17H27BN2O3/c1-16(2)17(3,4)23-18(22-16)13-7-8-21-15(9-13)12(10-19)11-20-14-5-6-14/h9-11,14-15H,5-8,19H2,1-4H3/t15-/m1/s1. The Morgan fingerprint density at radius 3 is 2.48 bits per heavy atom. The van der Waals surface area contributed by atoms with Crippen molar-refractivity contribution in [2.24, 2.45) is 10.7 Å². The van der Waals surface area contributed by atoms with Gasteiger partial charge in [0.2, 0.25) is 0 Å². The third kappa shape index (κ3) is 3.54. The summed E-state index contributed by atoms with van der Waals surface area (Å²) in [5, 5.41) is 0. The predicted octanol–water partition coefficient (Wildman–Crippen LogP) is 2.41. The number of aliphatic imine (C=N–C) groups is 1. The fourth-order valence-electron chi connectivity index (χ4n) is 2.64. The summed E-state index contributed by atoms with van der Waals surface area (Å²) in [5.41, 5.74) is 7.13. The van der Waals surface area contributed by atoms with Crippen LogP contribution in [0, 0.1) is 0 Å². The second-order valence-corrected chi connectivity index (χ2v) is 7.55. The topological polar surface area (TPSA) is 66.1 Å². The second kappa shape index (κ2) is 6.08. The zero-order valence-electron chi connectivity index (χ0n) is 14.5. The lowest BCUT2D eigenvalue weighted by Gasteiger charge is -2.32. The van der Waals surface area contributed by atoms with E-state index in [4.69, 9.17) is 19.8 Å². The summed E-state index contributed by atoms with van der Waals surface area (Å²) < 4.78 is 18.1. The molecule has 0 spiro atoms. The van der Waals surface area contributed by atoms with Crippen molar-refractivity contribution in [1.82, 2.24) is 0 Å². The van der Waals surface area contributed by atoms with E-state index in [2.05, 4.69) is 38.8 Å². The van der Waals surface area contributed by atoms with Gasteiger partial charge in [-0.1, -0.05) is 6.08 Å². The maximum absolute atomic E-state index is 6.14. The van der Waals surface area contributed by atoms with Crippen LogP contribution < -0.4 is 5.73 Å². The van der Waals surface area contributed by atoms with Gasteiger partial charge in [0.05, 0.1) is 23.9 Å². The molecule has 0 aromatic heterocycles. The van der Waals surface area contributed by atoms with Crippen LogP contribution in [0.25, 0.3) is 0 Å². The van der Waals surface area contributed by atoms with Gasteiger partial charge in [0.1, 0.15) is 6.10 Å². The highest BCUT2D eigenvalue weighted by molar-refractivity contribution is 6.54. The number of hydrogen-bond acceptors (Lipinski definition) is 5. The molecule has 2 aliphatic heterocycles. The Labute approximate surface area is 139 Å². The highest BCUT2D eigenvalue weighted by Gasteiger charge is 2.52. The fourth-order valence-corrected chi connectivity index (χ4v) is 2.64. The van der Waals surface area contributed by atoms with Crippen LogP contribution in [0.2, 0.25) is 0 Å². The summed E-state index contributed by atoms with van der Waals surface area (Å²) in [4.78, 5) is 4.51. The van der Waals surface area contributed by atoms with E-state index in [1.165, 1.54) is 12.8 Å². The first kappa shape index (κ1) is 16.7. The van der Waals surface area contributed by atoms with Crippen molar-refractivity contribution in [2.75, 3.05) is 6.61 Å². The van der Waals surface area contributed by atoms with Crippen LogP contribution in [0.3, 0.4) is 0 Å². The largest absolute Gasteiger partial charge is 0.490 e. The molecule has 0 amide bonds. The maximum atomic E-state index is 6.14. The Balaban J connectivity index is 1.74. The molecule has 0 radical (unpaired) electrons. The molecule has 6 heteroatoms. The van der Waals surface area contributed by atoms with Gasteiger partial charge in [-0.15, -0.1) is 0 Å². The van der Waals surface area contributed by atoms with Crippen LogP contribution in [0.5, 0.6) is 0 Å². The number of rotatable bonds is 4. The van der Waals surface area contributed by atoms with Crippen LogP contribution in [0.4, 0.5) is 0 Å². The molecule has 1 atom stereocenters. The first-order valence-corrected chi connectivity index (χ1v) is 8.45. The lowest BCUT2D eigenvalue weighted by atomic mass is 9.74. The van der Waals surface area contributed by atoms with Crippen molar-refractivity contribution < 1.29 is 14.0 Å². The van der Waals surface area contributed by atoms with E-state index < -0.39 is 0 Å². The van der Waals surface area contributed by atoms with Crippen LogP contribution in [-0.2, 0) is 14.0 Å². The normalized spacial score (nSPS) is 30.8. The fraction of sp³-hybridized carbons (Fsp3) is 0.706. The quantitative estimate of drug-likeness (QED) is 0.638. The summed E-state index contributed by atoms with van der Waals surface area (Å²) in [6.45, 7) is 8.90. The smallest absolute Gasteiger partial charge is 0.404 e. The molecular formula is C17H27BN2O3. The van der Waals surface area contributed by atoms with Gasteiger partial charge < -0.3 is 19.8 Å². The summed E-state index contributed by atoms with van der Waals surface area (Å²) in [6.07, 6.45) is 8.50. The monoisotopic (exact) mass is 318 g/mol. The molecular weight excluding hydrogens is 291 g/mol. The van der Waals surface area contributed by atoms with E-state index in [0.29, 0.717) is 12.6 Å². The van der Waals surface area contributed by atoms with E-state index in [1.807, 2.05) is 6.21 Å². The lowest BCUT2D eigenvalue weighted by Crippen LogP contribution is -2.41. The molecule has 5 nitrogen and oxygen atoms in total. The Morgan fingerprint density at radius 1 is 1.26 bits per heavy atom. The number of nitrogens with zero attached hydrogens (tertiary/aromatic N) is 1. The minimum atomic E-state index is -0.327. The molecule has 23 heavy (non-hydrogen) atoms. The molecule has 1 saturated carbocycles. The van der Waals surface area contributed by atoms with Crippen molar-refractivity contribution in [3.05, 3.63) is 23.3 Å². The Morgan fingerprint density at radius 2 is 1.91 bits per heavy atom. The first-order chi connectivity index (χ1) is 10.8. The van der Waals surface area contributed by atoms with Gasteiger partial charge in [-0.2, -0.15) is 0 Å². The van der Waals surface area contributed by atoms with E-state index in [9.17, 15) is 0 Å². The van der Waals surface area contributed by atoms with Gasteiger partial charge in [0.25, 0.3) is 0 Å². The van der Waals surface area contributed by atoms with Crippen LogP contribution in [-0.4, -0.2) is 43.3 Å². The third-order valence-electron chi connectivity index (χ3n) is 5.11. The molecule has 0 bridgehead atoms. The van der Waals surface area contributed by atoms with Gasteiger partial charge >= 0.3 is 7.12 Å². The van der Waals surface area contributed by atoms with Gasteiger partial charge in [0.15, 0.2) is 0 Å². The zero-order valence-corrected chi connectivity index (χ0v) is 14.5. The van der Waals surface area contributed by atoms with Gasteiger partial charge in [0, 0.05) is 18.0 Å². The predicted molar refractivity (Wildman–Crippen MR) is 92.3 cm³/mol. The molecule has 0 aromatic carbocycles. The van der Waals surface area contributed by atoms with Gasteiger partial charge in [-0.25, -0.2) is 0 Å². The second-order valence-electron chi connectivity index (χ2n) is 7.55. The molecule has 2 heterocycles. The summed E-state index contributed by atoms with van der Waals surface area (Å²) in [7, 11) is -0.314. The molecule has 2 fully saturated rings. The van der Waals surface area contributed by atoms with Crippen molar-refractivity contribution >= 4 is 13.3 Å². The number of hydrogen-bond donors (Lipinski definition) is 1. The Bertz CT molecular complexity index is 534. The Kier molecular flexibility index (Phi) is 4.42. The van der Waals surface area contributed by atoms with Crippen LogP contribution in [0.15, 0.2) is 28.3 Å². The molecule has 1 saturated heterocycles. The van der Waals surface area contributed by atoms with E-state index >= 15 is 0 Å². The van der Waals surface area contributed by atoms with E-state index in [0.717, 1.165) is 17.5 Å². The maximum Gasteiger partial charge on any atom is 0.490 e. The molecule has 3 rings (SSSR count). The molecule has 1 aliphatic carbocycles. The van der Waals surface area contributed by atoms with E-state index in [1.54, 1.807) is 6.20 Å². The zero-order chi connectivity index (χ0) is 16.7. The van der Waals surface area contributed by atoms with Crippen molar-refractivity contribution in [2.45, 2.75) is 70.3 Å². The summed E-state index contributed by atoms with van der Waals surface area (Å²) in [5.74, 6) is 0.